The van der Waals surface area contributed by atoms with Crippen LogP contribution in [0.1, 0.15) is 37.2 Å². The number of rotatable bonds is 3. The minimum atomic E-state index is 0.461. The molecule has 118 valence electrons. The van der Waals surface area contributed by atoms with E-state index in [-0.39, 0.29) is 0 Å². The van der Waals surface area contributed by atoms with Gasteiger partial charge in [0.2, 0.25) is 0 Å². The van der Waals surface area contributed by atoms with Gasteiger partial charge in [0.05, 0.1) is 0 Å². The van der Waals surface area contributed by atoms with Gasteiger partial charge in [0, 0.05) is 24.0 Å². The summed E-state index contributed by atoms with van der Waals surface area (Å²) in [5.74, 6) is 1.39. The Morgan fingerprint density at radius 1 is 1.13 bits per heavy atom. The van der Waals surface area contributed by atoms with E-state index < -0.39 is 0 Å². The van der Waals surface area contributed by atoms with Crippen LogP contribution >= 0.6 is 0 Å². The second-order valence-electron chi connectivity index (χ2n) is 6.29. The molecule has 0 aliphatic carbocycles. The quantitative estimate of drug-likeness (QED) is 0.745. The van der Waals surface area contributed by atoms with Gasteiger partial charge in [-0.05, 0) is 57.0 Å². The number of aromatic nitrogens is 4. The maximum absolute atomic E-state index is 4.41. The fraction of sp³-hybridized carbons (Fsp3) is 0.389. The number of aryl methyl sites for hydroxylation is 1. The lowest BCUT2D eigenvalue weighted by Gasteiger charge is -2.24. The van der Waals surface area contributed by atoms with Crippen LogP contribution in [0.25, 0.3) is 16.9 Å². The molecule has 1 atom stereocenters. The first kappa shape index (κ1) is 14.3. The highest BCUT2D eigenvalue weighted by atomic mass is 15.3. The lowest BCUT2D eigenvalue weighted by Crippen LogP contribution is -2.23. The molecular weight excluding hydrogens is 286 g/mol. The van der Waals surface area contributed by atoms with Crippen molar-refractivity contribution in [1.29, 1.82) is 0 Å². The highest BCUT2D eigenvalue weighted by Gasteiger charge is 2.19. The van der Waals surface area contributed by atoms with Gasteiger partial charge in [-0.1, -0.05) is 18.2 Å². The molecule has 0 bridgehead atoms. The minimum absolute atomic E-state index is 0.461. The fourth-order valence-corrected chi connectivity index (χ4v) is 3.35. The number of benzene rings is 1. The van der Waals surface area contributed by atoms with Crippen molar-refractivity contribution in [1.82, 2.24) is 24.5 Å². The third-order valence-electron chi connectivity index (χ3n) is 4.69. The predicted molar refractivity (Wildman–Crippen MR) is 90.2 cm³/mol. The van der Waals surface area contributed by atoms with Gasteiger partial charge in [-0.3, -0.25) is 4.90 Å². The Bertz CT molecular complexity index is 832. The van der Waals surface area contributed by atoms with Crippen LogP contribution in [0.5, 0.6) is 0 Å². The summed E-state index contributed by atoms with van der Waals surface area (Å²) in [5, 5.41) is 4.35. The molecule has 0 amide bonds. The van der Waals surface area contributed by atoms with E-state index >= 15 is 0 Å². The zero-order chi connectivity index (χ0) is 15.8. The van der Waals surface area contributed by atoms with Crippen LogP contribution < -0.4 is 0 Å². The Morgan fingerprint density at radius 3 is 2.78 bits per heavy atom. The van der Waals surface area contributed by atoms with Gasteiger partial charge in [-0.15, -0.1) is 0 Å². The molecule has 2 aromatic heterocycles. The SMILES string of the molecule is Cc1nc2ncc(-c3cccc(C(C)N4CCCC4)c3)cn2n1. The van der Waals surface area contributed by atoms with Gasteiger partial charge < -0.3 is 0 Å². The van der Waals surface area contributed by atoms with Gasteiger partial charge in [0.15, 0.2) is 0 Å². The summed E-state index contributed by atoms with van der Waals surface area (Å²) in [6.45, 7) is 6.59. The van der Waals surface area contributed by atoms with Crippen LogP contribution in [-0.4, -0.2) is 37.6 Å². The monoisotopic (exact) mass is 307 g/mol. The zero-order valence-electron chi connectivity index (χ0n) is 13.6. The molecule has 4 rings (SSSR count). The lowest BCUT2D eigenvalue weighted by atomic mass is 10.0. The van der Waals surface area contributed by atoms with E-state index in [0.717, 1.165) is 11.4 Å². The van der Waals surface area contributed by atoms with Crippen LogP contribution in [0.15, 0.2) is 36.7 Å². The third-order valence-corrected chi connectivity index (χ3v) is 4.69. The highest BCUT2D eigenvalue weighted by Crippen LogP contribution is 2.28. The number of hydrogen-bond donors (Lipinski definition) is 0. The van der Waals surface area contributed by atoms with Gasteiger partial charge in [0.25, 0.3) is 5.78 Å². The Balaban J connectivity index is 1.68. The molecule has 5 nitrogen and oxygen atoms in total. The average molecular weight is 307 g/mol. The standard InChI is InChI=1S/C18H21N5/c1-13(22-8-3-4-9-22)15-6-5-7-16(10-15)17-11-19-18-20-14(2)21-23(18)12-17/h5-7,10-13H,3-4,8-9H2,1-2H3. The van der Waals surface area contributed by atoms with E-state index in [4.69, 9.17) is 0 Å². The van der Waals surface area contributed by atoms with E-state index in [2.05, 4.69) is 51.2 Å². The molecule has 0 N–H and O–H groups in total. The second kappa shape index (κ2) is 5.74. The van der Waals surface area contributed by atoms with Crippen LogP contribution in [0.2, 0.25) is 0 Å². The molecule has 1 aliphatic heterocycles. The molecule has 1 aromatic carbocycles. The predicted octanol–water partition coefficient (Wildman–Crippen LogP) is 3.26. The maximum atomic E-state index is 4.41. The Kier molecular flexibility index (Phi) is 3.58. The number of fused-ring (bicyclic) bond motifs is 1. The van der Waals surface area contributed by atoms with E-state index in [9.17, 15) is 0 Å². The first-order valence-corrected chi connectivity index (χ1v) is 8.24. The smallest absolute Gasteiger partial charge is 0.252 e. The largest absolute Gasteiger partial charge is 0.297 e. The first-order valence-electron chi connectivity index (χ1n) is 8.24. The molecular formula is C18H21N5. The molecule has 0 saturated carbocycles. The Labute approximate surface area is 136 Å². The Hall–Kier alpha value is -2.27. The highest BCUT2D eigenvalue weighted by molar-refractivity contribution is 5.63. The maximum Gasteiger partial charge on any atom is 0.252 e. The van der Waals surface area contributed by atoms with Crippen molar-refractivity contribution in [2.75, 3.05) is 13.1 Å². The molecule has 0 spiro atoms. The van der Waals surface area contributed by atoms with Crippen molar-refractivity contribution in [3.63, 3.8) is 0 Å². The van der Waals surface area contributed by atoms with Crippen molar-refractivity contribution in [2.45, 2.75) is 32.7 Å². The molecule has 5 heteroatoms. The van der Waals surface area contributed by atoms with Crippen LogP contribution in [-0.2, 0) is 0 Å². The number of nitrogens with zero attached hydrogens (tertiary/aromatic N) is 5. The van der Waals surface area contributed by atoms with Gasteiger partial charge in [-0.25, -0.2) is 9.50 Å². The summed E-state index contributed by atoms with van der Waals surface area (Å²) in [6.07, 6.45) is 6.51. The number of likely N-dealkylation sites (tertiary alicyclic amines) is 1. The van der Waals surface area contributed by atoms with Crippen LogP contribution in [0.4, 0.5) is 0 Å². The summed E-state index contributed by atoms with van der Waals surface area (Å²) in [6, 6.07) is 9.22. The molecule has 23 heavy (non-hydrogen) atoms. The topological polar surface area (TPSA) is 46.3 Å². The summed E-state index contributed by atoms with van der Waals surface area (Å²) in [7, 11) is 0. The summed E-state index contributed by atoms with van der Waals surface area (Å²) < 4.78 is 1.75. The van der Waals surface area contributed by atoms with Crippen LogP contribution in [0.3, 0.4) is 0 Å². The van der Waals surface area contributed by atoms with Crippen molar-refractivity contribution < 1.29 is 0 Å². The molecule has 0 radical (unpaired) electrons. The molecule has 1 fully saturated rings. The summed E-state index contributed by atoms with van der Waals surface area (Å²) >= 11 is 0. The van der Waals surface area contributed by atoms with E-state index in [1.54, 1.807) is 4.52 Å². The number of hydrogen-bond acceptors (Lipinski definition) is 4. The van der Waals surface area contributed by atoms with E-state index in [0.29, 0.717) is 11.8 Å². The van der Waals surface area contributed by atoms with Crippen LogP contribution in [0, 0.1) is 6.92 Å². The van der Waals surface area contributed by atoms with Crippen molar-refractivity contribution in [2.24, 2.45) is 0 Å². The van der Waals surface area contributed by atoms with Crippen molar-refractivity contribution in [3.05, 3.63) is 48.0 Å². The molecule has 1 unspecified atom stereocenters. The normalized spacial score (nSPS) is 17.0. The van der Waals surface area contributed by atoms with E-state index in [1.165, 1.54) is 37.1 Å². The average Bonchev–Trinajstić information content (AvgIpc) is 3.22. The van der Waals surface area contributed by atoms with Gasteiger partial charge >= 0.3 is 0 Å². The summed E-state index contributed by atoms with van der Waals surface area (Å²) in [4.78, 5) is 11.2. The fourth-order valence-electron chi connectivity index (χ4n) is 3.35. The first-order chi connectivity index (χ1) is 11.2. The van der Waals surface area contributed by atoms with Crippen molar-refractivity contribution >= 4 is 5.78 Å². The Morgan fingerprint density at radius 2 is 1.96 bits per heavy atom. The lowest BCUT2D eigenvalue weighted by molar-refractivity contribution is 0.263. The van der Waals surface area contributed by atoms with E-state index in [1.807, 2.05) is 19.3 Å². The minimum Gasteiger partial charge on any atom is -0.297 e. The zero-order valence-corrected chi connectivity index (χ0v) is 13.6. The molecule has 3 aromatic rings. The third kappa shape index (κ3) is 2.72. The molecule has 1 saturated heterocycles. The molecule has 1 aliphatic rings. The molecule has 3 heterocycles. The van der Waals surface area contributed by atoms with Gasteiger partial charge in [-0.2, -0.15) is 10.1 Å². The second-order valence-corrected chi connectivity index (χ2v) is 6.29. The van der Waals surface area contributed by atoms with Crippen molar-refractivity contribution in [3.8, 4) is 11.1 Å². The van der Waals surface area contributed by atoms with Gasteiger partial charge in [0.1, 0.15) is 5.82 Å². The summed E-state index contributed by atoms with van der Waals surface area (Å²) in [5.41, 5.74) is 3.60.